The van der Waals surface area contributed by atoms with E-state index in [4.69, 9.17) is 0 Å². The largest absolute Gasteiger partial charge is 0.349 e. The van der Waals surface area contributed by atoms with Gasteiger partial charge in [0.15, 0.2) is 0 Å². The Kier molecular flexibility index (Phi) is 4.30. The first-order chi connectivity index (χ1) is 9.58. The number of nitrogens with one attached hydrogen (secondary N) is 1. The normalized spacial score (nSPS) is 10.4. The van der Waals surface area contributed by atoms with Crippen molar-refractivity contribution in [2.45, 2.75) is 19.9 Å². The Balaban J connectivity index is 2.24. The maximum absolute atomic E-state index is 11.9. The van der Waals surface area contributed by atoms with Crippen molar-refractivity contribution in [1.82, 2.24) is 15.3 Å². The first kappa shape index (κ1) is 14.0. The molecule has 5 nitrogen and oxygen atoms in total. The third-order valence-corrected chi connectivity index (χ3v) is 2.74. The molecule has 0 aliphatic heterocycles. The van der Waals surface area contributed by atoms with E-state index in [1.165, 1.54) is 0 Å². The molecule has 1 heterocycles. The Bertz CT molecular complexity index is 583. The van der Waals surface area contributed by atoms with E-state index < -0.39 is 0 Å². The van der Waals surface area contributed by atoms with Crippen molar-refractivity contribution in [3.05, 3.63) is 48.3 Å². The molecule has 0 unspecified atom stereocenters. The number of amides is 1. The highest BCUT2D eigenvalue weighted by molar-refractivity contribution is 5.92. The zero-order chi connectivity index (χ0) is 14.5. The Hall–Kier alpha value is -2.43. The molecular weight excluding hydrogens is 252 g/mol. The van der Waals surface area contributed by atoms with Gasteiger partial charge in [0, 0.05) is 25.0 Å². The van der Waals surface area contributed by atoms with Crippen LogP contribution in [0.5, 0.6) is 0 Å². The molecule has 1 amide bonds. The van der Waals surface area contributed by atoms with Crippen molar-refractivity contribution in [2.75, 3.05) is 11.9 Å². The van der Waals surface area contributed by atoms with Gasteiger partial charge in [0.25, 0.3) is 5.91 Å². The molecule has 0 saturated heterocycles. The summed E-state index contributed by atoms with van der Waals surface area (Å²) in [4.78, 5) is 22.3. The van der Waals surface area contributed by atoms with E-state index in [9.17, 15) is 4.79 Å². The summed E-state index contributed by atoms with van der Waals surface area (Å²) in [6.07, 6.45) is 1.59. The number of aromatic nitrogens is 2. The molecule has 0 radical (unpaired) electrons. The first-order valence-electron chi connectivity index (χ1n) is 6.50. The second-order valence-corrected chi connectivity index (χ2v) is 4.76. The Morgan fingerprint density at radius 3 is 2.55 bits per heavy atom. The molecule has 1 aromatic heterocycles. The van der Waals surface area contributed by atoms with Gasteiger partial charge in [-0.05, 0) is 32.0 Å². The van der Waals surface area contributed by atoms with Crippen molar-refractivity contribution < 1.29 is 4.79 Å². The second kappa shape index (κ2) is 6.14. The number of rotatable bonds is 4. The van der Waals surface area contributed by atoms with E-state index in [1.807, 2.05) is 56.1 Å². The number of carbonyl (C=O) groups excluding carboxylic acids is 1. The highest BCUT2D eigenvalue weighted by atomic mass is 16.1. The van der Waals surface area contributed by atoms with E-state index in [-0.39, 0.29) is 11.9 Å². The van der Waals surface area contributed by atoms with Crippen LogP contribution in [0.3, 0.4) is 0 Å². The molecule has 0 aliphatic rings. The van der Waals surface area contributed by atoms with Gasteiger partial charge >= 0.3 is 0 Å². The van der Waals surface area contributed by atoms with Crippen molar-refractivity contribution in [3.8, 4) is 0 Å². The summed E-state index contributed by atoms with van der Waals surface area (Å²) < 4.78 is 0. The number of anilines is 2. The van der Waals surface area contributed by atoms with Crippen LogP contribution >= 0.6 is 0 Å². The lowest BCUT2D eigenvalue weighted by Gasteiger charge is -2.17. The van der Waals surface area contributed by atoms with Gasteiger partial charge < -0.3 is 10.2 Å². The quantitative estimate of drug-likeness (QED) is 0.926. The number of nitrogens with zero attached hydrogens (tertiary/aromatic N) is 3. The second-order valence-electron chi connectivity index (χ2n) is 4.76. The van der Waals surface area contributed by atoms with Gasteiger partial charge in [0.1, 0.15) is 5.69 Å². The van der Waals surface area contributed by atoms with E-state index in [1.54, 1.807) is 12.3 Å². The predicted octanol–water partition coefficient (Wildman–Crippen LogP) is 2.38. The number of benzene rings is 1. The van der Waals surface area contributed by atoms with E-state index in [2.05, 4.69) is 15.3 Å². The van der Waals surface area contributed by atoms with Gasteiger partial charge in [-0.1, -0.05) is 18.2 Å². The zero-order valence-electron chi connectivity index (χ0n) is 11.9. The molecule has 1 aromatic carbocycles. The lowest BCUT2D eigenvalue weighted by molar-refractivity contribution is 0.0938. The van der Waals surface area contributed by atoms with Crippen molar-refractivity contribution in [1.29, 1.82) is 0 Å². The van der Waals surface area contributed by atoms with Crippen LogP contribution in [0.15, 0.2) is 42.6 Å². The number of hydrogen-bond acceptors (Lipinski definition) is 4. The zero-order valence-corrected chi connectivity index (χ0v) is 11.9. The highest BCUT2D eigenvalue weighted by Gasteiger charge is 2.12. The van der Waals surface area contributed by atoms with Crippen LogP contribution in [0, 0.1) is 0 Å². The summed E-state index contributed by atoms with van der Waals surface area (Å²) in [6, 6.07) is 11.5. The molecule has 2 aromatic rings. The minimum absolute atomic E-state index is 0.0766. The predicted molar refractivity (Wildman–Crippen MR) is 79.1 cm³/mol. The number of hydrogen-bond donors (Lipinski definition) is 1. The summed E-state index contributed by atoms with van der Waals surface area (Å²) >= 11 is 0. The lowest BCUT2D eigenvalue weighted by atomic mass is 10.3. The summed E-state index contributed by atoms with van der Waals surface area (Å²) in [5, 5.41) is 2.82. The minimum atomic E-state index is -0.190. The van der Waals surface area contributed by atoms with Crippen molar-refractivity contribution in [2.24, 2.45) is 0 Å². The van der Waals surface area contributed by atoms with Crippen LogP contribution < -0.4 is 10.2 Å². The fourth-order valence-electron chi connectivity index (χ4n) is 1.74. The highest BCUT2D eigenvalue weighted by Crippen LogP contribution is 2.18. The van der Waals surface area contributed by atoms with Gasteiger partial charge in [-0.25, -0.2) is 9.97 Å². The minimum Gasteiger partial charge on any atom is -0.349 e. The third kappa shape index (κ3) is 3.32. The van der Waals surface area contributed by atoms with Gasteiger partial charge in [0.05, 0.1) is 0 Å². The lowest BCUT2D eigenvalue weighted by Crippen LogP contribution is -2.31. The molecular formula is C15H18N4O. The first-order valence-corrected chi connectivity index (χ1v) is 6.50. The standard InChI is InChI=1S/C15H18N4O/c1-11(2)17-14(20)13-9-10-16-15(18-13)19(3)12-7-5-4-6-8-12/h4-11H,1-3H3,(H,17,20). The SMILES string of the molecule is CC(C)NC(=O)c1ccnc(N(C)c2ccccc2)n1. The summed E-state index contributed by atoms with van der Waals surface area (Å²) in [5.41, 5.74) is 1.33. The molecule has 0 aliphatic carbocycles. The number of para-hydroxylation sites is 1. The molecule has 0 fully saturated rings. The average molecular weight is 270 g/mol. The van der Waals surface area contributed by atoms with Crippen LogP contribution in [0.4, 0.5) is 11.6 Å². The molecule has 2 rings (SSSR count). The Labute approximate surface area is 118 Å². The fraction of sp³-hybridized carbons (Fsp3) is 0.267. The van der Waals surface area contributed by atoms with E-state index >= 15 is 0 Å². The smallest absolute Gasteiger partial charge is 0.270 e. The Morgan fingerprint density at radius 1 is 1.20 bits per heavy atom. The average Bonchev–Trinajstić information content (AvgIpc) is 2.47. The van der Waals surface area contributed by atoms with E-state index in [0.717, 1.165) is 5.69 Å². The van der Waals surface area contributed by atoms with Crippen LogP contribution in [0.1, 0.15) is 24.3 Å². The maximum Gasteiger partial charge on any atom is 0.270 e. The van der Waals surface area contributed by atoms with Crippen LogP contribution in [0.25, 0.3) is 0 Å². The van der Waals surface area contributed by atoms with Crippen molar-refractivity contribution in [3.63, 3.8) is 0 Å². The Morgan fingerprint density at radius 2 is 1.90 bits per heavy atom. The van der Waals surface area contributed by atoms with Crippen LogP contribution in [-0.4, -0.2) is 29.0 Å². The monoisotopic (exact) mass is 270 g/mol. The van der Waals surface area contributed by atoms with Gasteiger partial charge in [-0.3, -0.25) is 4.79 Å². The molecule has 0 bridgehead atoms. The van der Waals surface area contributed by atoms with Crippen LogP contribution in [0.2, 0.25) is 0 Å². The molecule has 104 valence electrons. The molecule has 1 N–H and O–H groups in total. The summed E-state index contributed by atoms with van der Waals surface area (Å²) in [5.74, 6) is 0.303. The molecule has 20 heavy (non-hydrogen) atoms. The molecule has 0 saturated carbocycles. The van der Waals surface area contributed by atoms with Gasteiger partial charge in [-0.2, -0.15) is 0 Å². The molecule has 0 atom stereocenters. The molecule has 5 heteroatoms. The molecule has 0 spiro atoms. The number of carbonyl (C=O) groups is 1. The summed E-state index contributed by atoms with van der Waals surface area (Å²) in [6.45, 7) is 3.83. The van der Waals surface area contributed by atoms with Crippen LogP contribution in [-0.2, 0) is 0 Å². The fourth-order valence-corrected chi connectivity index (χ4v) is 1.74. The van der Waals surface area contributed by atoms with E-state index in [0.29, 0.717) is 11.6 Å². The topological polar surface area (TPSA) is 58.1 Å². The summed E-state index contributed by atoms with van der Waals surface area (Å²) in [7, 11) is 1.87. The third-order valence-electron chi connectivity index (χ3n) is 2.74. The van der Waals surface area contributed by atoms with Crippen molar-refractivity contribution >= 4 is 17.5 Å². The van der Waals surface area contributed by atoms with Gasteiger partial charge in [0.2, 0.25) is 5.95 Å². The maximum atomic E-state index is 11.9. The van der Waals surface area contributed by atoms with Gasteiger partial charge in [-0.15, -0.1) is 0 Å².